The van der Waals surface area contributed by atoms with E-state index in [1.54, 1.807) is 14.2 Å². The van der Waals surface area contributed by atoms with E-state index >= 15 is 0 Å². The number of hydrogen-bond acceptors (Lipinski definition) is 4. The molecule has 0 bridgehead atoms. The lowest BCUT2D eigenvalue weighted by molar-refractivity contribution is -0.148. The average molecular weight is 214 g/mol. The fourth-order valence-electron chi connectivity index (χ4n) is 1.40. The van der Waals surface area contributed by atoms with Crippen molar-refractivity contribution in [1.29, 1.82) is 0 Å². The van der Waals surface area contributed by atoms with Crippen LogP contribution in [0.5, 0.6) is 0 Å². The lowest BCUT2D eigenvalue weighted by Crippen LogP contribution is -2.58. The largest absolute Gasteiger partial charge is 0.354 e. The summed E-state index contributed by atoms with van der Waals surface area (Å²) in [4.78, 5) is 0. The van der Waals surface area contributed by atoms with Gasteiger partial charge >= 0.3 is 0 Å². The minimum Gasteiger partial charge on any atom is -0.354 e. The molecule has 0 aliphatic rings. The summed E-state index contributed by atoms with van der Waals surface area (Å²) in [7, 11) is 3.21. The van der Waals surface area contributed by atoms with E-state index in [1.165, 1.54) is 0 Å². The summed E-state index contributed by atoms with van der Waals surface area (Å²) >= 11 is 0. The van der Waals surface area contributed by atoms with Gasteiger partial charge in [-0.05, 0) is 13.8 Å². The third-order valence-electron chi connectivity index (χ3n) is 2.33. The minimum absolute atomic E-state index is 0.350. The number of hydrogen-bond donors (Lipinski definition) is 2. The van der Waals surface area contributed by atoms with Gasteiger partial charge < -0.3 is 20.5 Å². The number of rotatable bonds is 7. The van der Waals surface area contributed by atoms with Crippen LogP contribution in [0, 0.1) is 11.8 Å². The van der Waals surface area contributed by atoms with Gasteiger partial charge in [0.05, 0.1) is 5.54 Å². The summed E-state index contributed by atoms with van der Waals surface area (Å²) in [6.45, 7) is 5.02. The first kappa shape index (κ1) is 14.4. The molecule has 4 heteroatoms. The topological polar surface area (TPSA) is 56.5 Å². The Hall–Kier alpha value is -0.600. The zero-order chi connectivity index (χ0) is 11.7. The van der Waals surface area contributed by atoms with Crippen LogP contribution in [0.4, 0.5) is 0 Å². The summed E-state index contributed by atoms with van der Waals surface area (Å²) < 4.78 is 10.4. The molecule has 0 fully saturated rings. The Morgan fingerprint density at radius 2 is 2.00 bits per heavy atom. The van der Waals surface area contributed by atoms with Crippen LogP contribution in [0.25, 0.3) is 0 Å². The highest BCUT2D eigenvalue weighted by Crippen LogP contribution is 2.12. The molecule has 3 N–H and O–H groups in total. The van der Waals surface area contributed by atoms with E-state index < -0.39 is 0 Å². The summed E-state index contributed by atoms with van der Waals surface area (Å²) in [5.74, 6) is 5.83. The Balaban J connectivity index is 4.20. The van der Waals surface area contributed by atoms with Crippen molar-refractivity contribution in [2.75, 3.05) is 27.3 Å². The Morgan fingerprint density at radius 1 is 1.40 bits per heavy atom. The Bertz CT molecular complexity index is 218. The highest BCUT2D eigenvalue weighted by molar-refractivity contribution is 4.97. The maximum Gasteiger partial charge on any atom is 0.175 e. The average Bonchev–Trinajstić information content (AvgIpc) is 2.26. The third-order valence-corrected chi connectivity index (χ3v) is 2.33. The predicted molar refractivity (Wildman–Crippen MR) is 61.3 cm³/mol. The molecule has 0 aliphatic carbocycles. The van der Waals surface area contributed by atoms with Gasteiger partial charge in [0.1, 0.15) is 0 Å². The van der Waals surface area contributed by atoms with Crippen molar-refractivity contribution in [2.24, 2.45) is 5.73 Å². The van der Waals surface area contributed by atoms with Crippen LogP contribution in [-0.2, 0) is 9.47 Å². The van der Waals surface area contributed by atoms with Crippen molar-refractivity contribution in [3.05, 3.63) is 0 Å². The number of ether oxygens (including phenoxy) is 2. The van der Waals surface area contributed by atoms with Gasteiger partial charge in [-0.2, -0.15) is 0 Å². The number of nitrogens with two attached hydrogens (primary N) is 1. The first-order valence-electron chi connectivity index (χ1n) is 5.05. The summed E-state index contributed by atoms with van der Waals surface area (Å²) in [6, 6.07) is 0. The molecule has 4 nitrogen and oxygen atoms in total. The van der Waals surface area contributed by atoms with Gasteiger partial charge in [0.15, 0.2) is 6.29 Å². The Morgan fingerprint density at radius 3 is 2.40 bits per heavy atom. The van der Waals surface area contributed by atoms with Crippen molar-refractivity contribution in [1.82, 2.24) is 5.32 Å². The SMILES string of the molecule is CC#CCCNC(C)(CN)C(OC)OC. The highest BCUT2D eigenvalue weighted by atomic mass is 16.7. The second kappa shape index (κ2) is 7.66. The van der Waals surface area contributed by atoms with Gasteiger partial charge in [-0.3, -0.25) is 0 Å². The minimum atomic E-state index is -0.376. The maximum absolute atomic E-state index is 5.72. The van der Waals surface area contributed by atoms with E-state index in [4.69, 9.17) is 15.2 Å². The molecule has 0 saturated carbocycles. The normalized spacial score (nSPS) is 14.5. The standard InChI is InChI=1S/C11H22N2O2/c1-5-6-7-8-13-11(2,9-12)10(14-3)15-4/h10,13H,7-9,12H2,1-4H3. The molecule has 0 heterocycles. The molecule has 0 rings (SSSR count). The van der Waals surface area contributed by atoms with Crippen LogP contribution in [0.15, 0.2) is 0 Å². The van der Waals surface area contributed by atoms with Gasteiger partial charge in [-0.25, -0.2) is 0 Å². The molecule has 0 aliphatic heterocycles. The molecule has 0 aromatic heterocycles. The zero-order valence-electron chi connectivity index (χ0n) is 10.1. The summed E-state index contributed by atoms with van der Waals surface area (Å²) in [5.41, 5.74) is 5.34. The third kappa shape index (κ3) is 4.63. The van der Waals surface area contributed by atoms with Crippen LogP contribution in [0.2, 0.25) is 0 Å². The van der Waals surface area contributed by atoms with Crippen LogP contribution in [0.3, 0.4) is 0 Å². The van der Waals surface area contributed by atoms with Crippen molar-refractivity contribution in [2.45, 2.75) is 32.1 Å². The quantitative estimate of drug-likeness (QED) is 0.364. The van der Waals surface area contributed by atoms with Crippen molar-refractivity contribution < 1.29 is 9.47 Å². The Labute approximate surface area is 92.5 Å². The van der Waals surface area contributed by atoms with Crippen molar-refractivity contribution in [3.8, 4) is 11.8 Å². The van der Waals surface area contributed by atoms with E-state index in [-0.39, 0.29) is 11.8 Å². The fraction of sp³-hybridized carbons (Fsp3) is 0.818. The van der Waals surface area contributed by atoms with Gasteiger partial charge in [0.2, 0.25) is 0 Å². The van der Waals surface area contributed by atoms with Gasteiger partial charge in [-0.1, -0.05) is 0 Å². The van der Waals surface area contributed by atoms with E-state index in [0.29, 0.717) is 6.54 Å². The molecule has 0 aromatic rings. The summed E-state index contributed by atoms with van der Waals surface area (Å²) in [6.07, 6.45) is 0.448. The van der Waals surface area contributed by atoms with Gasteiger partial charge in [0, 0.05) is 33.7 Å². The van der Waals surface area contributed by atoms with Gasteiger partial charge in [0.25, 0.3) is 0 Å². The van der Waals surface area contributed by atoms with E-state index in [1.807, 2.05) is 13.8 Å². The number of methoxy groups -OCH3 is 2. The van der Waals surface area contributed by atoms with E-state index in [9.17, 15) is 0 Å². The smallest absolute Gasteiger partial charge is 0.175 e. The summed E-state index contributed by atoms with van der Waals surface area (Å²) in [5, 5.41) is 3.31. The predicted octanol–water partition coefficient (Wildman–Crippen LogP) is 0.326. The first-order chi connectivity index (χ1) is 7.14. The van der Waals surface area contributed by atoms with Crippen LogP contribution in [-0.4, -0.2) is 39.1 Å². The van der Waals surface area contributed by atoms with Crippen LogP contribution in [0.1, 0.15) is 20.3 Å². The van der Waals surface area contributed by atoms with E-state index in [2.05, 4.69) is 17.2 Å². The lowest BCUT2D eigenvalue weighted by atomic mass is 10.0. The molecule has 0 aromatic carbocycles. The molecule has 88 valence electrons. The van der Waals surface area contributed by atoms with Crippen LogP contribution < -0.4 is 11.1 Å². The van der Waals surface area contributed by atoms with Crippen LogP contribution >= 0.6 is 0 Å². The molecule has 0 amide bonds. The molecular weight excluding hydrogens is 192 g/mol. The molecular formula is C11H22N2O2. The fourth-order valence-corrected chi connectivity index (χ4v) is 1.40. The molecule has 0 saturated heterocycles. The molecule has 1 unspecified atom stereocenters. The van der Waals surface area contributed by atoms with Crippen molar-refractivity contribution in [3.63, 3.8) is 0 Å². The molecule has 0 spiro atoms. The highest BCUT2D eigenvalue weighted by Gasteiger charge is 2.32. The Kier molecular flexibility index (Phi) is 7.35. The monoisotopic (exact) mass is 214 g/mol. The number of nitrogens with one attached hydrogen (secondary N) is 1. The van der Waals surface area contributed by atoms with Crippen molar-refractivity contribution >= 4 is 0 Å². The molecule has 15 heavy (non-hydrogen) atoms. The zero-order valence-corrected chi connectivity index (χ0v) is 10.1. The second-order valence-corrected chi connectivity index (χ2v) is 3.53. The molecule has 0 radical (unpaired) electrons. The first-order valence-corrected chi connectivity index (χ1v) is 5.05. The maximum atomic E-state index is 5.72. The second-order valence-electron chi connectivity index (χ2n) is 3.53. The van der Waals surface area contributed by atoms with E-state index in [0.717, 1.165) is 13.0 Å². The molecule has 1 atom stereocenters. The lowest BCUT2D eigenvalue weighted by Gasteiger charge is -2.35. The van der Waals surface area contributed by atoms with Gasteiger partial charge in [-0.15, -0.1) is 11.8 Å².